The van der Waals surface area contributed by atoms with Crippen molar-refractivity contribution in [3.8, 4) is 0 Å². The number of ether oxygens (including phenoxy) is 1. The maximum Gasteiger partial charge on any atom is 0.223 e. The fourth-order valence-electron chi connectivity index (χ4n) is 3.64. The van der Waals surface area contributed by atoms with E-state index in [2.05, 4.69) is 10.4 Å². The average Bonchev–Trinajstić information content (AvgIpc) is 3.07. The number of nitrogens with one attached hydrogen (secondary N) is 1. The summed E-state index contributed by atoms with van der Waals surface area (Å²) < 4.78 is 7.55. The highest BCUT2D eigenvalue weighted by Crippen LogP contribution is 2.32. The quantitative estimate of drug-likeness (QED) is 0.883. The first-order chi connectivity index (χ1) is 10.6. The van der Waals surface area contributed by atoms with Crippen molar-refractivity contribution in [2.75, 3.05) is 6.61 Å². The number of aryl methyl sites for hydroxylation is 1. The van der Waals surface area contributed by atoms with Crippen LogP contribution in [0.25, 0.3) is 0 Å². The molecule has 1 aliphatic carbocycles. The van der Waals surface area contributed by atoms with Crippen molar-refractivity contribution in [2.45, 2.75) is 62.7 Å². The molecule has 6 nitrogen and oxygen atoms in total. The molecule has 2 N–H and O–H groups in total. The van der Waals surface area contributed by atoms with Gasteiger partial charge in [-0.25, -0.2) is 0 Å². The molecule has 22 heavy (non-hydrogen) atoms. The molecular formula is C16H25N3O3. The minimum absolute atomic E-state index is 0.0462. The van der Waals surface area contributed by atoms with Crippen molar-refractivity contribution >= 4 is 5.91 Å². The van der Waals surface area contributed by atoms with Gasteiger partial charge in [-0.2, -0.15) is 5.10 Å². The molecule has 1 saturated carbocycles. The zero-order valence-electron chi connectivity index (χ0n) is 13.1. The van der Waals surface area contributed by atoms with Crippen LogP contribution in [-0.4, -0.2) is 39.0 Å². The summed E-state index contributed by atoms with van der Waals surface area (Å²) in [7, 11) is 1.88. The molecular weight excluding hydrogens is 282 g/mol. The molecule has 0 radical (unpaired) electrons. The van der Waals surface area contributed by atoms with E-state index in [1.165, 1.54) is 0 Å². The van der Waals surface area contributed by atoms with Gasteiger partial charge in [0.1, 0.15) is 6.10 Å². The molecule has 0 spiro atoms. The summed E-state index contributed by atoms with van der Waals surface area (Å²) in [5, 5.41) is 17.7. The van der Waals surface area contributed by atoms with Gasteiger partial charge in [0.15, 0.2) is 0 Å². The van der Waals surface area contributed by atoms with Crippen molar-refractivity contribution < 1.29 is 14.6 Å². The van der Waals surface area contributed by atoms with Gasteiger partial charge in [0.05, 0.1) is 23.8 Å². The van der Waals surface area contributed by atoms with Crippen molar-refractivity contribution in [2.24, 2.45) is 7.05 Å². The highest BCUT2D eigenvalue weighted by Gasteiger charge is 2.36. The zero-order valence-corrected chi connectivity index (χ0v) is 13.1. The van der Waals surface area contributed by atoms with E-state index in [1.54, 1.807) is 10.9 Å². The van der Waals surface area contributed by atoms with Gasteiger partial charge < -0.3 is 15.2 Å². The van der Waals surface area contributed by atoms with Gasteiger partial charge in [-0.1, -0.05) is 19.3 Å². The van der Waals surface area contributed by atoms with Crippen LogP contribution in [0.5, 0.6) is 0 Å². The first-order valence-electron chi connectivity index (χ1n) is 8.19. The Balaban J connectivity index is 1.60. The molecule has 6 heteroatoms. The predicted octanol–water partition coefficient (Wildman–Crippen LogP) is 1.45. The van der Waals surface area contributed by atoms with Gasteiger partial charge in [0.2, 0.25) is 5.91 Å². The Hall–Kier alpha value is -1.40. The molecule has 3 rings (SSSR count). The third-order valence-corrected chi connectivity index (χ3v) is 4.86. The molecule has 122 valence electrons. The molecule has 1 aliphatic heterocycles. The van der Waals surface area contributed by atoms with Crippen LogP contribution >= 0.6 is 0 Å². The summed E-state index contributed by atoms with van der Waals surface area (Å²) in [4.78, 5) is 12.3. The van der Waals surface area contributed by atoms with Crippen LogP contribution < -0.4 is 5.32 Å². The Morgan fingerprint density at radius 2 is 2.27 bits per heavy atom. The second-order valence-corrected chi connectivity index (χ2v) is 6.60. The lowest BCUT2D eigenvalue weighted by atomic mass is 9.82. The number of aromatic nitrogens is 2. The van der Waals surface area contributed by atoms with E-state index >= 15 is 0 Å². The zero-order chi connectivity index (χ0) is 15.6. The maximum absolute atomic E-state index is 12.3. The Morgan fingerprint density at radius 3 is 2.95 bits per heavy atom. The molecule has 1 aromatic rings. The summed E-state index contributed by atoms with van der Waals surface area (Å²) >= 11 is 0. The Morgan fingerprint density at radius 1 is 1.50 bits per heavy atom. The van der Waals surface area contributed by atoms with Gasteiger partial charge >= 0.3 is 0 Å². The van der Waals surface area contributed by atoms with Gasteiger partial charge in [-0.3, -0.25) is 9.48 Å². The molecule has 2 fully saturated rings. The number of hydrogen-bond acceptors (Lipinski definition) is 4. The highest BCUT2D eigenvalue weighted by atomic mass is 16.5. The SMILES string of the molecule is Cn1nccc1[C@H]1OCC[C@@H]1NC(=O)CC1(O)CCCCC1. The number of aliphatic hydroxyl groups is 1. The number of carbonyl (C=O) groups is 1. The summed E-state index contributed by atoms with van der Waals surface area (Å²) in [6.07, 6.45) is 7.20. The molecule has 1 saturated heterocycles. The van der Waals surface area contributed by atoms with Crippen LogP contribution in [-0.2, 0) is 16.6 Å². The van der Waals surface area contributed by atoms with Gasteiger partial charge in [0, 0.05) is 19.9 Å². The van der Waals surface area contributed by atoms with Crippen molar-refractivity contribution in [3.63, 3.8) is 0 Å². The Kier molecular flexibility index (Phi) is 4.49. The molecule has 1 aromatic heterocycles. The third-order valence-electron chi connectivity index (χ3n) is 4.86. The van der Waals surface area contributed by atoms with E-state index in [9.17, 15) is 9.90 Å². The van der Waals surface area contributed by atoms with E-state index in [0.717, 1.165) is 44.2 Å². The van der Waals surface area contributed by atoms with Crippen LogP contribution in [0.3, 0.4) is 0 Å². The maximum atomic E-state index is 12.3. The lowest BCUT2D eigenvalue weighted by molar-refractivity contribution is -0.128. The van der Waals surface area contributed by atoms with Crippen molar-refractivity contribution in [1.82, 2.24) is 15.1 Å². The normalized spacial score (nSPS) is 27.7. The molecule has 2 aliphatic rings. The number of carbonyl (C=O) groups excluding carboxylic acids is 1. The number of nitrogens with zero attached hydrogens (tertiary/aromatic N) is 2. The van der Waals surface area contributed by atoms with Crippen LogP contribution in [0.15, 0.2) is 12.3 Å². The van der Waals surface area contributed by atoms with Gasteiger partial charge in [0.25, 0.3) is 0 Å². The van der Waals surface area contributed by atoms with E-state index in [0.29, 0.717) is 6.61 Å². The fourth-order valence-corrected chi connectivity index (χ4v) is 3.64. The Bertz CT molecular complexity index is 522. The monoisotopic (exact) mass is 307 g/mol. The van der Waals surface area contributed by atoms with Crippen LogP contribution in [0.2, 0.25) is 0 Å². The average molecular weight is 307 g/mol. The third kappa shape index (κ3) is 3.33. The van der Waals surface area contributed by atoms with E-state index in [-0.39, 0.29) is 24.5 Å². The largest absolute Gasteiger partial charge is 0.389 e. The number of hydrogen-bond donors (Lipinski definition) is 2. The summed E-state index contributed by atoms with van der Waals surface area (Å²) in [5.41, 5.74) is 0.156. The molecule has 0 unspecified atom stereocenters. The standard InChI is InChI=1S/C16H25N3O3/c1-19-13(5-9-17-19)15-12(6-10-22-15)18-14(20)11-16(21)7-3-2-4-8-16/h5,9,12,15,21H,2-4,6-8,10-11H2,1H3,(H,18,20)/t12-,15-/m0/s1. The van der Waals surface area contributed by atoms with Crippen molar-refractivity contribution in [1.29, 1.82) is 0 Å². The minimum atomic E-state index is -0.816. The summed E-state index contributed by atoms with van der Waals surface area (Å²) in [6.45, 7) is 0.630. The second kappa shape index (κ2) is 6.38. The second-order valence-electron chi connectivity index (χ2n) is 6.60. The lowest BCUT2D eigenvalue weighted by Crippen LogP contribution is -2.43. The first kappa shape index (κ1) is 15.5. The molecule has 0 aromatic carbocycles. The summed E-state index contributed by atoms with van der Waals surface area (Å²) in [5.74, 6) is -0.0768. The van der Waals surface area contributed by atoms with Crippen LogP contribution in [0.1, 0.15) is 56.7 Å². The van der Waals surface area contributed by atoms with Crippen LogP contribution in [0.4, 0.5) is 0 Å². The molecule has 1 amide bonds. The molecule has 0 bridgehead atoms. The Labute approximate surface area is 130 Å². The first-order valence-corrected chi connectivity index (χ1v) is 8.19. The number of amides is 1. The summed E-state index contributed by atoms with van der Waals surface area (Å²) in [6, 6.07) is 1.87. The van der Waals surface area contributed by atoms with Gasteiger partial charge in [-0.05, 0) is 25.3 Å². The van der Waals surface area contributed by atoms with E-state index in [1.807, 2.05) is 13.1 Å². The van der Waals surface area contributed by atoms with Gasteiger partial charge in [-0.15, -0.1) is 0 Å². The molecule has 2 heterocycles. The topological polar surface area (TPSA) is 76.4 Å². The smallest absolute Gasteiger partial charge is 0.223 e. The highest BCUT2D eigenvalue weighted by molar-refractivity contribution is 5.77. The van der Waals surface area contributed by atoms with Crippen LogP contribution in [0, 0.1) is 0 Å². The minimum Gasteiger partial charge on any atom is -0.389 e. The van der Waals surface area contributed by atoms with E-state index < -0.39 is 5.60 Å². The molecule has 2 atom stereocenters. The van der Waals surface area contributed by atoms with Crippen molar-refractivity contribution in [3.05, 3.63) is 18.0 Å². The predicted molar refractivity (Wildman–Crippen MR) is 81.1 cm³/mol. The fraction of sp³-hybridized carbons (Fsp3) is 0.750. The number of rotatable bonds is 4. The van der Waals surface area contributed by atoms with E-state index in [4.69, 9.17) is 4.74 Å². The lowest BCUT2D eigenvalue weighted by Gasteiger charge is -2.32.